The van der Waals surface area contributed by atoms with Crippen molar-refractivity contribution in [1.82, 2.24) is 0 Å². The van der Waals surface area contributed by atoms with Gasteiger partial charge in [-0.2, -0.15) is 0 Å². The summed E-state index contributed by atoms with van der Waals surface area (Å²) in [6, 6.07) is 12.5. The first-order chi connectivity index (χ1) is 8.28. The van der Waals surface area contributed by atoms with E-state index in [0.717, 1.165) is 28.4 Å². The summed E-state index contributed by atoms with van der Waals surface area (Å²) >= 11 is 7.04. The molecule has 0 spiro atoms. The van der Waals surface area contributed by atoms with Crippen LogP contribution >= 0.6 is 31.9 Å². The summed E-state index contributed by atoms with van der Waals surface area (Å²) in [6.07, 6.45) is 3.79. The molecule has 0 aliphatic heterocycles. The summed E-state index contributed by atoms with van der Waals surface area (Å²) in [6.45, 7) is 0. The van der Waals surface area contributed by atoms with Crippen LogP contribution in [0, 0.1) is 5.92 Å². The Hall–Kier alpha value is -0.540. The van der Waals surface area contributed by atoms with Gasteiger partial charge in [0.05, 0.1) is 6.26 Å². The zero-order valence-electron chi connectivity index (χ0n) is 9.40. The molecule has 2 rings (SSSR count). The van der Waals surface area contributed by atoms with Crippen LogP contribution in [-0.2, 0) is 12.8 Å². The number of furan rings is 1. The van der Waals surface area contributed by atoms with E-state index in [9.17, 15) is 0 Å². The first-order valence-electron chi connectivity index (χ1n) is 5.60. The Balaban J connectivity index is 1.97. The zero-order chi connectivity index (χ0) is 12.1. The summed E-state index contributed by atoms with van der Waals surface area (Å²) in [5.74, 6) is 1.63. The molecule has 3 heteroatoms. The predicted molar refractivity (Wildman–Crippen MR) is 77.5 cm³/mol. The standard InChI is InChI=1S/C14H14Br2O/c15-10-12(9-14-2-1-7-17-14)8-11-3-5-13(16)6-4-11/h1-7,12H,8-10H2. The summed E-state index contributed by atoms with van der Waals surface area (Å²) in [4.78, 5) is 0. The molecule has 0 amide bonds. The van der Waals surface area contributed by atoms with Crippen LogP contribution in [0.4, 0.5) is 0 Å². The first kappa shape index (κ1) is 12.9. The molecule has 1 aromatic carbocycles. The van der Waals surface area contributed by atoms with E-state index >= 15 is 0 Å². The Morgan fingerprint density at radius 2 is 1.82 bits per heavy atom. The second-order valence-electron chi connectivity index (χ2n) is 4.13. The lowest BCUT2D eigenvalue weighted by Crippen LogP contribution is -2.09. The smallest absolute Gasteiger partial charge is 0.104 e. The highest BCUT2D eigenvalue weighted by atomic mass is 79.9. The second-order valence-corrected chi connectivity index (χ2v) is 5.70. The molecule has 0 saturated heterocycles. The van der Waals surface area contributed by atoms with Crippen LogP contribution in [0.25, 0.3) is 0 Å². The monoisotopic (exact) mass is 356 g/mol. The summed E-state index contributed by atoms with van der Waals surface area (Å²) in [5, 5.41) is 0.990. The van der Waals surface area contributed by atoms with E-state index in [0.29, 0.717) is 5.92 Å². The molecule has 0 saturated carbocycles. The highest BCUT2D eigenvalue weighted by Crippen LogP contribution is 2.19. The van der Waals surface area contributed by atoms with Gasteiger partial charge in [-0.05, 0) is 42.2 Å². The van der Waals surface area contributed by atoms with E-state index in [1.807, 2.05) is 12.1 Å². The third-order valence-electron chi connectivity index (χ3n) is 2.73. The molecule has 1 unspecified atom stereocenters. The summed E-state index contributed by atoms with van der Waals surface area (Å²) in [7, 11) is 0. The molecular weight excluding hydrogens is 344 g/mol. The molecule has 0 N–H and O–H groups in total. The lowest BCUT2D eigenvalue weighted by atomic mass is 9.97. The Bertz CT molecular complexity index is 434. The van der Waals surface area contributed by atoms with Crippen molar-refractivity contribution in [3.05, 3.63) is 58.5 Å². The van der Waals surface area contributed by atoms with Crippen LogP contribution in [0.5, 0.6) is 0 Å². The van der Waals surface area contributed by atoms with E-state index in [4.69, 9.17) is 4.42 Å². The molecule has 1 heterocycles. The van der Waals surface area contributed by atoms with Crippen LogP contribution in [0.15, 0.2) is 51.6 Å². The Morgan fingerprint density at radius 3 is 2.41 bits per heavy atom. The van der Waals surface area contributed by atoms with Gasteiger partial charge in [-0.15, -0.1) is 0 Å². The van der Waals surface area contributed by atoms with Crippen molar-refractivity contribution in [1.29, 1.82) is 0 Å². The molecule has 90 valence electrons. The molecule has 0 fully saturated rings. The lowest BCUT2D eigenvalue weighted by molar-refractivity contribution is 0.460. The quantitative estimate of drug-likeness (QED) is 0.698. The topological polar surface area (TPSA) is 13.1 Å². The van der Waals surface area contributed by atoms with Crippen molar-refractivity contribution in [3.8, 4) is 0 Å². The number of halogens is 2. The molecule has 1 atom stereocenters. The first-order valence-corrected chi connectivity index (χ1v) is 7.52. The number of benzene rings is 1. The fourth-order valence-electron chi connectivity index (χ4n) is 1.85. The van der Waals surface area contributed by atoms with Crippen molar-refractivity contribution in [2.75, 3.05) is 5.33 Å². The fourth-order valence-corrected chi connectivity index (χ4v) is 2.57. The maximum absolute atomic E-state index is 5.39. The van der Waals surface area contributed by atoms with Gasteiger partial charge in [-0.1, -0.05) is 44.0 Å². The van der Waals surface area contributed by atoms with Gasteiger partial charge in [-0.25, -0.2) is 0 Å². The minimum absolute atomic E-state index is 0.572. The number of alkyl halides is 1. The fraction of sp³-hybridized carbons (Fsp3) is 0.286. The molecule has 1 aromatic heterocycles. The van der Waals surface area contributed by atoms with Crippen molar-refractivity contribution < 1.29 is 4.42 Å². The summed E-state index contributed by atoms with van der Waals surface area (Å²) < 4.78 is 6.52. The molecule has 0 aliphatic rings. The van der Waals surface area contributed by atoms with E-state index in [2.05, 4.69) is 56.1 Å². The SMILES string of the molecule is BrCC(Cc1ccc(Br)cc1)Cc1ccco1. The highest BCUT2D eigenvalue weighted by molar-refractivity contribution is 9.10. The number of hydrogen-bond donors (Lipinski definition) is 0. The van der Waals surface area contributed by atoms with Crippen LogP contribution in [-0.4, -0.2) is 5.33 Å². The normalized spacial score (nSPS) is 12.6. The van der Waals surface area contributed by atoms with Crippen LogP contribution in [0.3, 0.4) is 0 Å². The summed E-state index contributed by atoms with van der Waals surface area (Å²) in [5.41, 5.74) is 1.37. The minimum atomic E-state index is 0.572. The van der Waals surface area contributed by atoms with E-state index in [-0.39, 0.29) is 0 Å². The van der Waals surface area contributed by atoms with Gasteiger partial charge in [0, 0.05) is 16.2 Å². The van der Waals surface area contributed by atoms with Gasteiger partial charge < -0.3 is 4.42 Å². The van der Waals surface area contributed by atoms with Gasteiger partial charge in [-0.3, -0.25) is 0 Å². The van der Waals surface area contributed by atoms with Crippen molar-refractivity contribution in [2.45, 2.75) is 12.8 Å². The van der Waals surface area contributed by atoms with E-state index in [1.54, 1.807) is 6.26 Å². The highest BCUT2D eigenvalue weighted by Gasteiger charge is 2.11. The molecule has 0 aliphatic carbocycles. The Labute approximate surface area is 118 Å². The average molecular weight is 358 g/mol. The predicted octanol–water partition coefficient (Wildman–Crippen LogP) is 4.84. The van der Waals surface area contributed by atoms with Crippen molar-refractivity contribution >= 4 is 31.9 Å². The molecule has 1 nitrogen and oxygen atoms in total. The molecule has 17 heavy (non-hydrogen) atoms. The van der Waals surface area contributed by atoms with Crippen molar-refractivity contribution in [2.24, 2.45) is 5.92 Å². The third kappa shape index (κ3) is 4.00. The maximum Gasteiger partial charge on any atom is 0.104 e. The Kier molecular flexibility index (Phi) is 4.86. The van der Waals surface area contributed by atoms with E-state index < -0.39 is 0 Å². The van der Waals surface area contributed by atoms with Gasteiger partial charge in [0.1, 0.15) is 5.76 Å². The van der Waals surface area contributed by atoms with Crippen LogP contribution < -0.4 is 0 Å². The Morgan fingerprint density at radius 1 is 1.06 bits per heavy atom. The van der Waals surface area contributed by atoms with Gasteiger partial charge in [0.2, 0.25) is 0 Å². The average Bonchev–Trinajstić information content (AvgIpc) is 2.84. The van der Waals surface area contributed by atoms with E-state index in [1.165, 1.54) is 5.56 Å². The zero-order valence-corrected chi connectivity index (χ0v) is 12.6. The number of rotatable bonds is 5. The molecule has 2 aromatic rings. The maximum atomic E-state index is 5.39. The second kappa shape index (κ2) is 6.41. The minimum Gasteiger partial charge on any atom is -0.469 e. The molecule has 0 radical (unpaired) electrons. The van der Waals surface area contributed by atoms with Crippen LogP contribution in [0.1, 0.15) is 11.3 Å². The number of hydrogen-bond acceptors (Lipinski definition) is 1. The van der Waals surface area contributed by atoms with Gasteiger partial charge in [0.25, 0.3) is 0 Å². The van der Waals surface area contributed by atoms with Gasteiger partial charge >= 0.3 is 0 Å². The van der Waals surface area contributed by atoms with Gasteiger partial charge in [0.15, 0.2) is 0 Å². The van der Waals surface area contributed by atoms with Crippen LogP contribution in [0.2, 0.25) is 0 Å². The molecule has 0 bridgehead atoms. The largest absolute Gasteiger partial charge is 0.469 e. The molecular formula is C14H14Br2O. The lowest BCUT2D eigenvalue weighted by Gasteiger charge is -2.12. The van der Waals surface area contributed by atoms with Crippen molar-refractivity contribution in [3.63, 3.8) is 0 Å². The third-order valence-corrected chi connectivity index (χ3v) is 4.17.